The monoisotopic (exact) mass is 443 g/mol. The zero-order chi connectivity index (χ0) is 19.8. The lowest BCUT2D eigenvalue weighted by atomic mass is 10.1. The zero-order valence-electron chi connectivity index (χ0n) is 15.4. The second-order valence-corrected chi connectivity index (χ2v) is 9.80. The molecule has 3 heterocycles. The molecule has 5 atom stereocenters. The first kappa shape index (κ1) is 21.7. The van der Waals surface area contributed by atoms with Gasteiger partial charge in [-0.1, -0.05) is 24.0 Å². The molecule has 0 aliphatic carbocycles. The molecule has 0 aromatic carbocycles. The van der Waals surface area contributed by atoms with Crippen LogP contribution in [0.25, 0.3) is 0 Å². The molecule has 0 spiro atoms. The third-order valence-corrected chi connectivity index (χ3v) is 6.75. The van der Waals surface area contributed by atoms with Gasteiger partial charge in [0.05, 0.1) is 0 Å². The Balaban J connectivity index is 1.70. The topological polar surface area (TPSA) is 104 Å². The summed E-state index contributed by atoms with van der Waals surface area (Å²) in [5.74, 6) is -0.662. The number of likely N-dealkylation sites (tertiary alicyclic amines) is 1. The number of methoxy groups -OCH3 is 1. The molecule has 27 heavy (non-hydrogen) atoms. The van der Waals surface area contributed by atoms with Crippen LogP contribution in [0.15, 0.2) is 0 Å². The number of nitrogens with zero attached hydrogens (tertiary/aromatic N) is 1. The molecule has 0 amide bonds. The highest BCUT2D eigenvalue weighted by atomic mass is 32.3. The molecule has 3 aliphatic rings. The van der Waals surface area contributed by atoms with Crippen molar-refractivity contribution < 1.29 is 36.1 Å². The molecule has 0 bridgehead atoms. The molecule has 0 aromatic rings. The Labute approximate surface area is 168 Å². The van der Waals surface area contributed by atoms with Crippen molar-refractivity contribution >= 4 is 38.7 Å². The van der Waals surface area contributed by atoms with E-state index in [1.807, 2.05) is 0 Å². The Morgan fingerprint density at radius 1 is 1.37 bits per heavy atom. The first-order valence-corrected chi connectivity index (χ1v) is 11.5. The number of ether oxygens (including phenoxy) is 4. The molecule has 1 N–H and O–H groups in total. The normalized spacial score (nSPS) is 34.0. The van der Waals surface area contributed by atoms with E-state index in [0.29, 0.717) is 4.32 Å². The molecule has 0 radical (unpaired) electrons. The SMILES string of the molecule is CO[C@@H]1[C@H]2OC(C)(C)O[C@H]2O[C@@H]1C(CSC(=S)N1CCCC1)OS(=O)(=O)O. The van der Waals surface area contributed by atoms with Crippen molar-refractivity contribution in [3.05, 3.63) is 0 Å². The Morgan fingerprint density at radius 2 is 2.04 bits per heavy atom. The summed E-state index contributed by atoms with van der Waals surface area (Å²) >= 11 is 6.71. The molecule has 9 nitrogen and oxygen atoms in total. The predicted molar refractivity (Wildman–Crippen MR) is 102 cm³/mol. The fourth-order valence-electron chi connectivity index (χ4n) is 3.55. The molecule has 12 heteroatoms. The van der Waals surface area contributed by atoms with Crippen LogP contribution in [0.2, 0.25) is 0 Å². The Kier molecular flexibility index (Phi) is 6.71. The Bertz CT molecular complexity index is 651. The summed E-state index contributed by atoms with van der Waals surface area (Å²) in [4.78, 5) is 2.07. The molecule has 1 unspecified atom stereocenters. The van der Waals surface area contributed by atoms with Crippen LogP contribution < -0.4 is 0 Å². The van der Waals surface area contributed by atoms with Gasteiger partial charge in [-0.25, -0.2) is 4.18 Å². The minimum absolute atomic E-state index is 0.169. The quantitative estimate of drug-likeness (QED) is 0.473. The largest absolute Gasteiger partial charge is 0.397 e. The predicted octanol–water partition coefficient (Wildman–Crippen LogP) is 1.18. The minimum atomic E-state index is -4.69. The van der Waals surface area contributed by atoms with Crippen LogP contribution in [-0.2, 0) is 33.5 Å². The smallest absolute Gasteiger partial charge is 0.376 e. The summed E-state index contributed by atoms with van der Waals surface area (Å²) in [7, 11) is -3.22. The molecule has 0 saturated carbocycles. The average Bonchev–Trinajstić information content (AvgIpc) is 3.23. The van der Waals surface area contributed by atoms with Crippen LogP contribution >= 0.6 is 24.0 Å². The van der Waals surface area contributed by atoms with Crippen LogP contribution in [0, 0.1) is 0 Å². The fourth-order valence-corrected chi connectivity index (χ4v) is 5.44. The number of thiocarbonyl (C=S) groups is 1. The highest BCUT2D eigenvalue weighted by Crippen LogP contribution is 2.40. The molecule has 3 aliphatic heterocycles. The molecule has 3 saturated heterocycles. The van der Waals surface area contributed by atoms with Crippen LogP contribution in [-0.4, -0.2) is 84.6 Å². The molecular weight excluding hydrogens is 418 g/mol. The molecule has 3 fully saturated rings. The number of fused-ring (bicyclic) bond motifs is 1. The van der Waals surface area contributed by atoms with Gasteiger partial charge in [-0.15, -0.1) is 0 Å². The Hall–Kier alpha value is -0.0500. The first-order valence-electron chi connectivity index (χ1n) is 8.71. The van der Waals surface area contributed by atoms with Gasteiger partial charge in [0.25, 0.3) is 0 Å². The molecule has 3 rings (SSSR count). The lowest BCUT2D eigenvalue weighted by molar-refractivity contribution is -0.224. The van der Waals surface area contributed by atoms with E-state index in [-0.39, 0.29) is 5.75 Å². The van der Waals surface area contributed by atoms with Crippen LogP contribution in [0.3, 0.4) is 0 Å². The number of hydrogen-bond donors (Lipinski definition) is 1. The van der Waals surface area contributed by atoms with Gasteiger partial charge >= 0.3 is 10.4 Å². The van der Waals surface area contributed by atoms with E-state index in [1.165, 1.54) is 18.9 Å². The second kappa shape index (κ2) is 8.36. The van der Waals surface area contributed by atoms with Gasteiger partial charge in [0.2, 0.25) is 0 Å². The van der Waals surface area contributed by atoms with E-state index in [0.717, 1.165) is 25.9 Å². The maximum Gasteiger partial charge on any atom is 0.397 e. The first-order chi connectivity index (χ1) is 12.6. The second-order valence-electron chi connectivity index (χ2n) is 7.10. The van der Waals surface area contributed by atoms with Crippen molar-refractivity contribution in [2.75, 3.05) is 26.0 Å². The Morgan fingerprint density at radius 3 is 2.63 bits per heavy atom. The van der Waals surface area contributed by atoms with E-state index in [1.54, 1.807) is 13.8 Å². The zero-order valence-corrected chi connectivity index (χ0v) is 17.8. The summed E-state index contributed by atoms with van der Waals surface area (Å²) < 4.78 is 60.3. The van der Waals surface area contributed by atoms with E-state index < -0.39 is 46.9 Å². The summed E-state index contributed by atoms with van der Waals surface area (Å²) in [6, 6.07) is 0. The summed E-state index contributed by atoms with van der Waals surface area (Å²) in [6.07, 6.45) is -1.53. The van der Waals surface area contributed by atoms with Gasteiger partial charge in [-0.3, -0.25) is 4.55 Å². The summed E-state index contributed by atoms with van der Waals surface area (Å²) in [5, 5.41) is 0. The van der Waals surface area contributed by atoms with Crippen LogP contribution in [0.4, 0.5) is 0 Å². The molecule has 156 valence electrons. The standard InChI is InChI=1S/C15H25NO8S3/c1-15(2)22-12-11(20-3)10(21-13(12)23-15)9(24-27(17,18)19)8-26-14(25)16-6-4-5-7-16/h9-13H,4-8H2,1-3H3,(H,17,18,19)/t9?,10-,11+,12-,13-/m1/s1. The maximum absolute atomic E-state index is 11.4. The van der Waals surface area contributed by atoms with E-state index in [4.69, 9.17) is 35.3 Å². The van der Waals surface area contributed by atoms with Gasteiger partial charge in [0.15, 0.2) is 12.1 Å². The van der Waals surface area contributed by atoms with E-state index in [2.05, 4.69) is 4.90 Å². The van der Waals surface area contributed by atoms with Crippen molar-refractivity contribution in [1.29, 1.82) is 0 Å². The van der Waals surface area contributed by atoms with Gasteiger partial charge in [0.1, 0.15) is 28.7 Å². The average molecular weight is 444 g/mol. The minimum Gasteiger partial charge on any atom is -0.376 e. The van der Waals surface area contributed by atoms with Crippen molar-refractivity contribution in [3.8, 4) is 0 Å². The lowest BCUT2D eigenvalue weighted by Crippen LogP contribution is -2.45. The van der Waals surface area contributed by atoms with Crippen molar-refractivity contribution in [3.63, 3.8) is 0 Å². The van der Waals surface area contributed by atoms with Gasteiger partial charge in [-0.2, -0.15) is 8.42 Å². The highest BCUT2D eigenvalue weighted by Gasteiger charge is 2.57. The maximum atomic E-state index is 11.4. The lowest BCUT2D eigenvalue weighted by Gasteiger charge is -2.29. The van der Waals surface area contributed by atoms with Crippen molar-refractivity contribution in [2.24, 2.45) is 0 Å². The number of rotatable bonds is 6. The van der Waals surface area contributed by atoms with Gasteiger partial charge in [0, 0.05) is 26.0 Å². The fraction of sp³-hybridized carbons (Fsp3) is 0.933. The van der Waals surface area contributed by atoms with Gasteiger partial charge in [-0.05, 0) is 26.7 Å². The van der Waals surface area contributed by atoms with Crippen molar-refractivity contribution in [1.82, 2.24) is 4.90 Å². The van der Waals surface area contributed by atoms with E-state index >= 15 is 0 Å². The highest BCUT2D eigenvalue weighted by molar-refractivity contribution is 8.22. The molecule has 0 aromatic heterocycles. The third kappa shape index (κ3) is 5.31. The third-order valence-electron chi connectivity index (χ3n) is 4.65. The van der Waals surface area contributed by atoms with Crippen LogP contribution in [0.1, 0.15) is 26.7 Å². The number of hydrogen-bond acceptors (Lipinski definition) is 9. The van der Waals surface area contributed by atoms with Crippen molar-refractivity contribution in [2.45, 2.75) is 63.2 Å². The number of thioether (sulfide) groups is 1. The summed E-state index contributed by atoms with van der Waals surface area (Å²) in [6.45, 7) is 5.29. The van der Waals surface area contributed by atoms with Gasteiger partial charge < -0.3 is 23.8 Å². The molecular formula is C15H25NO8S3. The van der Waals surface area contributed by atoms with E-state index in [9.17, 15) is 13.0 Å². The summed E-state index contributed by atoms with van der Waals surface area (Å²) in [5.41, 5.74) is 0. The van der Waals surface area contributed by atoms with Crippen LogP contribution in [0.5, 0.6) is 0 Å².